The number of nitrogens with zero attached hydrogens (tertiary/aromatic N) is 2. The number of hydrogen-bond donors (Lipinski definition) is 1. The van der Waals surface area contributed by atoms with Gasteiger partial charge in [-0.25, -0.2) is 0 Å². The van der Waals surface area contributed by atoms with Gasteiger partial charge in [0.15, 0.2) is 0 Å². The van der Waals surface area contributed by atoms with Gasteiger partial charge in [0.1, 0.15) is 0 Å². The van der Waals surface area contributed by atoms with Crippen molar-refractivity contribution in [2.75, 3.05) is 0 Å². The predicted octanol–water partition coefficient (Wildman–Crippen LogP) is 2.31. The van der Waals surface area contributed by atoms with Gasteiger partial charge in [0.05, 0.1) is 5.69 Å². The van der Waals surface area contributed by atoms with Crippen LogP contribution in [0.4, 0.5) is 5.69 Å². The van der Waals surface area contributed by atoms with E-state index < -0.39 is 0 Å². The molecule has 0 saturated carbocycles. The van der Waals surface area contributed by atoms with Crippen LogP contribution in [0.1, 0.15) is 5.56 Å². The van der Waals surface area contributed by atoms with E-state index in [1.807, 2.05) is 0 Å². The Balaban J connectivity index is 3.22. The van der Waals surface area contributed by atoms with E-state index in [9.17, 15) is 0 Å². The summed E-state index contributed by atoms with van der Waals surface area (Å²) < 4.78 is 0. The van der Waals surface area contributed by atoms with Gasteiger partial charge in [0.25, 0.3) is 0 Å². The molecule has 0 radical (unpaired) electrons. The maximum absolute atomic E-state index is 4.09. The van der Waals surface area contributed by atoms with Crippen LogP contribution in [0.25, 0.3) is 4.91 Å². The average molecular weight is 164 g/mol. The first-order valence-corrected chi connectivity index (χ1v) is 3.49. The van der Waals surface area contributed by atoms with Crippen molar-refractivity contribution in [3.05, 3.63) is 30.6 Å². The largest absolute Gasteiger partial charge is 0.264 e. The second kappa shape index (κ2) is 3.34. The van der Waals surface area contributed by atoms with Crippen LogP contribution in [0.5, 0.6) is 0 Å². The molecule has 0 atom stereocenters. The highest BCUT2D eigenvalue weighted by Crippen LogP contribution is 2.25. The molecule has 0 saturated heterocycles. The van der Waals surface area contributed by atoms with Crippen LogP contribution in [0.2, 0.25) is 0 Å². The Labute approximate surface area is 71.1 Å². The minimum Gasteiger partial charge on any atom is -0.264 e. The monoisotopic (exact) mass is 164 g/mol. The van der Waals surface area contributed by atoms with Crippen molar-refractivity contribution in [2.45, 2.75) is 0 Å². The van der Waals surface area contributed by atoms with E-state index in [0.717, 1.165) is 11.3 Å². The molecule has 0 aromatic carbocycles. The van der Waals surface area contributed by atoms with Gasteiger partial charge in [-0.2, -0.15) is 0 Å². The summed E-state index contributed by atoms with van der Waals surface area (Å²) in [4.78, 5) is 8.36. The Morgan fingerprint density at radius 1 is 1.64 bits per heavy atom. The molecule has 0 fully saturated rings. The van der Waals surface area contributed by atoms with Gasteiger partial charge in [-0.05, 0) is 12.8 Å². The van der Waals surface area contributed by atoms with E-state index in [1.165, 1.54) is 0 Å². The summed E-state index contributed by atoms with van der Waals surface area (Å²) in [6.07, 6.45) is 3.32. The van der Waals surface area contributed by atoms with E-state index in [0.29, 0.717) is 4.91 Å². The number of rotatable bonds is 2. The Morgan fingerprint density at radius 2 is 2.36 bits per heavy atom. The summed E-state index contributed by atoms with van der Waals surface area (Å²) in [6, 6.07) is 1.77. The van der Waals surface area contributed by atoms with Crippen molar-refractivity contribution in [1.29, 1.82) is 0 Å². The van der Waals surface area contributed by atoms with Gasteiger partial charge >= 0.3 is 0 Å². The molecular formula is C8H8N2S. The first-order valence-electron chi connectivity index (χ1n) is 3.04. The number of aromatic nitrogens is 1. The van der Waals surface area contributed by atoms with Crippen LogP contribution in [-0.2, 0) is 0 Å². The summed E-state index contributed by atoms with van der Waals surface area (Å²) in [5.74, 6) is 0. The van der Waals surface area contributed by atoms with Crippen LogP contribution >= 0.6 is 12.6 Å². The number of thiol groups is 1. The van der Waals surface area contributed by atoms with E-state index in [2.05, 4.69) is 35.9 Å². The van der Waals surface area contributed by atoms with Crippen molar-refractivity contribution in [1.82, 2.24) is 4.98 Å². The Hall–Kier alpha value is -1.09. The van der Waals surface area contributed by atoms with Crippen LogP contribution < -0.4 is 0 Å². The van der Waals surface area contributed by atoms with Crippen molar-refractivity contribution >= 4 is 29.9 Å². The van der Waals surface area contributed by atoms with Gasteiger partial charge in [-0.1, -0.05) is 6.58 Å². The highest BCUT2D eigenvalue weighted by atomic mass is 32.1. The molecule has 1 aromatic heterocycles. The Morgan fingerprint density at radius 3 is 2.82 bits per heavy atom. The third-order valence-corrected chi connectivity index (χ3v) is 1.52. The third-order valence-electron chi connectivity index (χ3n) is 1.28. The van der Waals surface area contributed by atoms with Crippen molar-refractivity contribution < 1.29 is 0 Å². The van der Waals surface area contributed by atoms with Crippen molar-refractivity contribution in [3.63, 3.8) is 0 Å². The molecule has 0 spiro atoms. The molecule has 1 rings (SSSR count). The lowest BCUT2D eigenvalue weighted by Gasteiger charge is -2.00. The molecule has 0 aliphatic carbocycles. The fraction of sp³-hybridized carbons (Fsp3) is 0. The summed E-state index contributed by atoms with van der Waals surface area (Å²) in [5.41, 5.74) is 1.59. The SMILES string of the molecule is C=Nc1ccncc1C(=C)S. The van der Waals surface area contributed by atoms with Crippen molar-refractivity contribution in [2.24, 2.45) is 4.99 Å². The van der Waals surface area contributed by atoms with Gasteiger partial charge in [-0.3, -0.25) is 9.98 Å². The minimum absolute atomic E-state index is 0.653. The van der Waals surface area contributed by atoms with Crippen LogP contribution in [0.3, 0.4) is 0 Å². The number of aliphatic imine (C=N–C) groups is 1. The quantitative estimate of drug-likeness (QED) is 0.526. The molecule has 0 N–H and O–H groups in total. The van der Waals surface area contributed by atoms with E-state index in [1.54, 1.807) is 18.5 Å². The fourth-order valence-corrected chi connectivity index (χ4v) is 0.920. The smallest absolute Gasteiger partial charge is 0.0736 e. The second-order valence-corrected chi connectivity index (χ2v) is 2.54. The molecule has 3 heteroatoms. The predicted molar refractivity (Wildman–Crippen MR) is 51.5 cm³/mol. The zero-order chi connectivity index (χ0) is 8.27. The Bertz CT molecular complexity index is 294. The fourth-order valence-electron chi connectivity index (χ4n) is 0.747. The van der Waals surface area contributed by atoms with E-state index in [-0.39, 0.29) is 0 Å². The molecule has 0 aliphatic heterocycles. The van der Waals surface area contributed by atoms with E-state index >= 15 is 0 Å². The molecule has 0 unspecified atom stereocenters. The maximum Gasteiger partial charge on any atom is 0.0736 e. The molecule has 0 bridgehead atoms. The Kier molecular flexibility index (Phi) is 2.44. The molecule has 56 valence electrons. The maximum atomic E-state index is 4.09. The van der Waals surface area contributed by atoms with Crippen LogP contribution in [-0.4, -0.2) is 11.7 Å². The van der Waals surface area contributed by atoms with Gasteiger partial charge in [-0.15, -0.1) is 12.6 Å². The summed E-state index contributed by atoms with van der Waals surface area (Å²) in [5, 5.41) is 0. The molecular weight excluding hydrogens is 156 g/mol. The number of hydrogen-bond acceptors (Lipinski definition) is 3. The zero-order valence-electron chi connectivity index (χ0n) is 5.99. The van der Waals surface area contributed by atoms with Gasteiger partial charge < -0.3 is 0 Å². The third kappa shape index (κ3) is 1.68. The standard InChI is InChI=1S/C8H8N2S/c1-6(11)7-5-10-4-3-8(7)9-2/h3-5,11H,1-2H2. The van der Waals surface area contributed by atoms with Gasteiger partial charge in [0.2, 0.25) is 0 Å². The molecule has 1 aromatic rings. The lowest BCUT2D eigenvalue weighted by Crippen LogP contribution is -1.79. The summed E-state index contributed by atoms with van der Waals surface area (Å²) in [7, 11) is 0. The molecule has 0 aliphatic rings. The average Bonchev–Trinajstić information content (AvgIpc) is 2.04. The van der Waals surface area contributed by atoms with Crippen LogP contribution in [0, 0.1) is 0 Å². The summed E-state index contributed by atoms with van der Waals surface area (Å²) in [6.45, 7) is 7.09. The molecule has 1 heterocycles. The normalized spacial score (nSPS) is 9.18. The second-order valence-electron chi connectivity index (χ2n) is 2.00. The summed E-state index contributed by atoms with van der Waals surface area (Å²) >= 11 is 4.09. The molecule has 0 amide bonds. The topological polar surface area (TPSA) is 25.2 Å². The highest BCUT2D eigenvalue weighted by molar-refractivity contribution is 7.90. The van der Waals surface area contributed by atoms with E-state index in [4.69, 9.17) is 0 Å². The van der Waals surface area contributed by atoms with Gasteiger partial charge in [0, 0.05) is 22.9 Å². The first-order chi connectivity index (χ1) is 5.25. The zero-order valence-corrected chi connectivity index (χ0v) is 6.88. The van der Waals surface area contributed by atoms with Crippen LogP contribution in [0.15, 0.2) is 30.0 Å². The first kappa shape index (κ1) is 8.01. The van der Waals surface area contributed by atoms with Crippen molar-refractivity contribution in [3.8, 4) is 0 Å². The molecule has 2 nitrogen and oxygen atoms in total. The lowest BCUT2D eigenvalue weighted by molar-refractivity contribution is 1.30. The minimum atomic E-state index is 0.653. The highest BCUT2D eigenvalue weighted by Gasteiger charge is 1.99. The molecule has 11 heavy (non-hydrogen) atoms. The lowest BCUT2D eigenvalue weighted by atomic mass is 10.2. The number of pyridine rings is 1.